The Labute approximate surface area is 161 Å². The summed E-state index contributed by atoms with van der Waals surface area (Å²) < 4.78 is 33.4. The quantitative estimate of drug-likeness (QED) is 0.576. The number of aromatic nitrogens is 1. The van der Waals surface area contributed by atoms with Crippen LogP contribution < -0.4 is 4.74 Å². The number of halogens is 2. The van der Waals surface area contributed by atoms with Crippen LogP contribution in [0.4, 0.5) is 8.78 Å². The van der Waals surface area contributed by atoms with E-state index in [1.807, 2.05) is 0 Å². The Bertz CT molecular complexity index is 991. The fraction of sp³-hybridized carbons (Fsp3) is 0.0909. The van der Waals surface area contributed by atoms with Gasteiger partial charge in [-0.2, -0.15) is 0 Å². The molecule has 0 atom stereocenters. The number of ether oxygens (including phenoxy) is 1. The standard InChI is InChI=1S/C22H18F2N2O2/c1-26(15-17-5-2-3-7-19(17)23)22(27)11-9-16-8-10-21(20(24)13-16)28-18-6-4-12-25-14-18/h2-14H,15H2,1H3/b11-9+. The van der Waals surface area contributed by atoms with Gasteiger partial charge in [-0.3, -0.25) is 9.78 Å². The molecule has 0 saturated heterocycles. The molecule has 0 unspecified atom stereocenters. The summed E-state index contributed by atoms with van der Waals surface area (Å²) in [5, 5.41) is 0. The van der Waals surface area contributed by atoms with Crippen LogP contribution in [0.2, 0.25) is 0 Å². The van der Waals surface area contributed by atoms with Gasteiger partial charge in [0, 0.05) is 31.4 Å². The normalized spacial score (nSPS) is 10.8. The highest BCUT2D eigenvalue weighted by Crippen LogP contribution is 2.24. The van der Waals surface area contributed by atoms with E-state index in [4.69, 9.17) is 4.74 Å². The molecule has 3 rings (SSSR count). The van der Waals surface area contributed by atoms with Gasteiger partial charge >= 0.3 is 0 Å². The first-order valence-corrected chi connectivity index (χ1v) is 8.57. The summed E-state index contributed by atoms with van der Waals surface area (Å²) in [7, 11) is 1.57. The fourth-order valence-electron chi connectivity index (χ4n) is 2.49. The molecule has 6 heteroatoms. The molecule has 1 amide bonds. The van der Waals surface area contributed by atoms with Crippen LogP contribution >= 0.6 is 0 Å². The van der Waals surface area contributed by atoms with Crippen LogP contribution in [0.1, 0.15) is 11.1 Å². The third kappa shape index (κ3) is 5.01. The average Bonchev–Trinajstić information content (AvgIpc) is 2.70. The van der Waals surface area contributed by atoms with Crippen molar-refractivity contribution >= 4 is 12.0 Å². The third-order valence-corrected chi connectivity index (χ3v) is 3.98. The SMILES string of the molecule is CN(Cc1ccccc1F)C(=O)/C=C/c1ccc(Oc2cccnc2)c(F)c1. The largest absolute Gasteiger partial charge is 0.453 e. The van der Waals surface area contributed by atoms with Gasteiger partial charge in [0.25, 0.3) is 0 Å². The van der Waals surface area contributed by atoms with Crippen molar-refractivity contribution in [2.75, 3.05) is 7.05 Å². The van der Waals surface area contributed by atoms with Gasteiger partial charge < -0.3 is 9.64 Å². The molecule has 1 aromatic heterocycles. The maximum Gasteiger partial charge on any atom is 0.246 e. The molecule has 2 aromatic carbocycles. The minimum Gasteiger partial charge on any atom is -0.453 e. The number of pyridine rings is 1. The average molecular weight is 380 g/mol. The van der Waals surface area contributed by atoms with Crippen molar-refractivity contribution in [2.45, 2.75) is 6.54 Å². The topological polar surface area (TPSA) is 42.4 Å². The lowest BCUT2D eigenvalue weighted by molar-refractivity contribution is -0.125. The van der Waals surface area contributed by atoms with Crippen LogP contribution in [0, 0.1) is 11.6 Å². The molecule has 28 heavy (non-hydrogen) atoms. The second kappa shape index (κ2) is 8.90. The predicted molar refractivity (Wildman–Crippen MR) is 103 cm³/mol. The van der Waals surface area contributed by atoms with Crippen LogP contribution in [0.3, 0.4) is 0 Å². The monoisotopic (exact) mass is 380 g/mol. The minimum atomic E-state index is -0.557. The van der Waals surface area contributed by atoms with Crippen molar-refractivity contribution in [1.29, 1.82) is 0 Å². The lowest BCUT2D eigenvalue weighted by Crippen LogP contribution is -2.24. The number of nitrogens with zero attached hydrogens (tertiary/aromatic N) is 2. The summed E-state index contributed by atoms with van der Waals surface area (Å²) in [5.41, 5.74) is 0.929. The summed E-state index contributed by atoms with van der Waals surface area (Å²) in [6.45, 7) is 0.141. The number of carbonyl (C=O) groups is 1. The van der Waals surface area contributed by atoms with Crippen LogP contribution in [0.5, 0.6) is 11.5 Å². The summed E-state index contributed by atoms with van der Waals surface area (Å²) in [6, 6.07) is 14.0. The third-order valence-electron chi connectivity index (χ3n) is 3.98. The molecule has 0 N–H and O–H groups in total. The molecular formula is C22H18F2N2O2. The number of likely N-dealkylation sites (N-methyl/N-ethyl adjacent to an activating group) is 1. The molecule has 0 aliphatic heterocycles. The zero-order valence-electron chi connectivity index (χ0n) is 15.2. The van der Waals surface area contributed by atoms with Gasteiger partial charge in [0.15, 0.2) is 11.6 Å². The maximum absolute atomic E-state index is 14.2. The molecule has 3 aromatic rings. The van der Waals surface area contributed by atoms with E-state index in [0.717, 1.165) is 0 Å². The first-order valence-electron chi connectivity index (χ1n) is 8.57. The Morgan fingerprint density at radius 3 is 2.64 bits per heavy atom. The van der Waals surface area contributed by atoms with E-state index in [2.05, 4.69) is 4.98 Å². The van der Waals surface area contributed by atoms with Crippen LogP contribution in [0.25, 0.3) is 6.08 Å². The van der Waals surface area contributed by atoms with E-state index in [9.17, 15) is 13.6 Å². The van der Waals surface area contributed by atoms with Gasteiger partial charge in [-0.15, -0.1) is 0 Å². The van der Waals surface area contributed by atoms with E-state index in [1.54, 1.807) is 49.6 Å². The molecule has 4 nitrogen and oxygen atoms in total. The number of hydrogen-bond donors (Lipinski definition) is 0. The summed E-state index contributed by atoms with van der Waals surface area (Å²) in [6.07, 6.45) is 5.89. The highest BCUT2D eigenvalue weighted by molar-refractivity contribution is 5.91. The second-order valence-electron chi connectivity index (χ2n) is 6.10. The minimum absolute atomic E-state index is 0.0631. The van der Waals surface area contributed by atoms with Crippen molar-refractivity contribution in [3.8, 4) is 11.5 Å². The van der Waals surface area contributed by atoms with Gasteiger partial charge in [0.1, 0.15) is 11.6 Å². The molecule has 0 radical (unpaired) electrons. The Morgan fingerprint density at radius 2 is 1.93 bits per heavy atom. The lowest BCUT2D eigenvalue weighted by Gasteiger charge is -2.15. The molecule has 0 aliphatic carbocycles. The van der Waals surface area contributed by atoms with E-state index < -0.39 is 5.82 Å². The lowest BCUT2D eigenvalue weighted by atomic mass is 10.2. The first-order chi connectivity index (χ1) is 13.5. The first kappa shape index (κ1) is 19.2. The van der Waals surface area contributed by atoms with Crippen molar-refractivity contribution in [3.63, 3.8) is 0 Å². The fourth-order valence-corrected chi connectivity index (χ4v) is 2.49. The van der Waals surface area contributed by atoms with Gasteiger partial charge in [-0.1, -0.05) is 24.3 Å². The Hall–Kier alpha value is -3.54. The van der Waals surface area contributed by atoms with Crippen LogP contribution in [0.15, 0.2) is 73.1 Å². The predicted octanol–water partition coefficient (Wildman–Crippen LogP) is 4.82. The van der Waals surface area contributed by atoms with E-state index >= 15 is 0 Å². The van der Waals surface area contributed by atoms with Crippen molar-refractivity contribution in [2.24, 2.45) is 0 Å². The number of rotatable bonds is 6. The Kier molecular flexibility index (Phi) is 6.11. The number of carbonyl (C=O) groups excluding carboxylic acids is 1. The van der Waals surface area contributed by atoms with Crippen LogP contribution in [-0.4, -0.2) is 22.8 Å². The molecule has 142 valence electrons. The highest BCUT2D eigenvalue weighted by atomic mass is 19.1. The van der Waals surface area contributed by atoms with Crippen molar-refractivity contribution in [3.05, 3.63) is 95.8 Å². The Morgan fingerprint density at radius 1 is 1.11 bits per heavy atom. The molecule has 0 aliphatic rings. The number of hydrogen-bond acceptors (Lipinski definition) is 3. The van der Waals surface area contributed by atoms with Crippen LogP contribution in [-0.2, 0) is 11.3 Å². The zero-order valence-corrected chi connectivity index (χ0v) is 15.2. The summed E-state index contributed by atoms with van der Waals surface area (Å²) >= 11 is 0. The highest BCUT2D eigenvalue weighted by Gasteiger charge is 2.09. The van der Waals surface area contributed by atoms with E-state index in [0.29, 0.717) is 16.9 Å². The second-order valence-corrected chi connectivity index (χ2v) is 6.10. The van der Waals surface area contributed by atoms with Gasteiger partial charge in [0.2, 0.25) is 5.91 Å². The van der Waals surface area contributed by atoms with Gasteiger partial charge in [-0.05, 0) is 42.0 Å². The molecule has 0 fully saturated rings. The Balaban J connectivity index is 1.64. The van der Waals surface area contributed by atoms with Gasteiger partial charge in [0.05, 0.1) is 6.20 Å². The molecule has 0 saturated carbocycles. The van der Waals surface area contributed by atoms with E-state index in [-0.39, 0.29) is 24.0 Å². The zero-order chi connectivity index (χ0) is 19.9. The van der Waals surface area contributed by atoms with Crippen molar-refractivity contribution < 1.29 is 18.3 Å². The molecule has 1 heterocycles. The molecule has 0 spiro atoms. The smallest absolute Gasteiger partial charge is 0.246 e. The number of amides is 1. The number of benzene rings is 2. The molecular weight excluding hydrogens is 362 g/mol. The van der Waals surface area contributed by atoms with Gasteiger partial charge in [-0.25, -0.2) is 8.78 Å². The molecule has 0 bridgehead atoms. The summed E-state index contributed by atoms with van der Waals surface area (Å²) in [4.78, 5) is 17.5. The van der Waals surface area contributed by atoms with Crippen molar-refractivity contribution in [1.82, 2.24) is 9.88 Å². The summed E-state index contributed by atoms with van der Waals surface area (Å²) in [5.74, 6) is -0.752. The van der Waals surface area contributed by atoms with E-state index in [1.165, 1.54) is 41.4 Å². The maximum atomic E-state index is 14.2.